The van der Waals surface area contributed by atoms with Gasteiger partial charge in [0.1, 0.15) is 17.1 Å². The van der Waals surface area contributed by atoms with Gasteiger partial charge in [-0.25, -0.2) is 9.97 Å². The van der Waals surface area contributed by atoms with E-state index >= 15 is 0 Å². The molecule has 0 radical (unpaired) electrons. The van der Waals surface area contributed by atoms with Gasteiger partial charge >= 0.3 is 0 Å². The molecular formula is C21H27N5O3. The highest BCUT2D eigenvalue weighted by atomic mass is 16.5. The quantitative estimate of drug-likeness (QED) is 0.785. The van der Waals surface area contributed by atoms with Gasteiger partial charge in [0.15, 0.2) is 0 Å². The second-order valence-electron chi connectivity index (χ2n) is 7.76. The molecule has 0 aliphatic carbocycles. The molecule has 0 spiro atoms. The van der Waals surface area contributed by atoms with E-state index in [0.717, 1.165) is 35.7 Å². The molecule has 0 bridgehead atoms. The van der Waals surface area contributed by atoms with Crippen LogP contribution in [0, 0.1) is 0 Å². The van der Waals surface area contributed by atoms with Crippen molar-refractivity contribution in [1.29, 1.82) is 0 Å². The lowest BCUT2D eigenvalue weighted by Gasteiger charge is -2.28. The third kappa shape index (κ3) is 3.63. The number of nitrogens with zero attached hydrogens (tertiary/aromatic N) is 5. The predicted octanol–water partition coefficient (Wildman–Crippen LogP) is 2.12. The number of hydrogen-bond donors (Lipinski definition) is 0. The van der Waals surface area contributed by atoms with Crippen LogP contribution in [0.4, 0.5) is 0 Å². The van der Waals surface area contributed by atoms with Crippen LogP contribution in [0.3, 0.4) is 0 Å². The molecule has 1 unspecified atom stereocenters. The Balaban J connectivity index is 1.51. The lowest BCUT2D eigenvalue weighted by Crippen LogP contribution is -2.37. The number of aromatic nitrogens is 3. The molecule has 29 heavy (non-hydrogen) atoms. The third-order valence-electron chi connectivity index (χ3n) is 5.94. The Bertz CT molecular complexity index is 917. The number of aryl methyl sites for hydroxylation is 2. The minimum atomic E-state index is -0.0254. The van der Waals surface area contributed by atoms with E-state index in [1.54, 1.807) is 6.92 Å². The zero-order chi connectivity index (χ0) is 20.5. The first-order valence-electron chi connectivity index (χ1n) is 10.4. The first kappa shape index (κ1) is 19.5. The van der Waals surface area contributed by atoms with E-state index in [4.69, 9.17) is 9.51 Å². The summed E-state index contributed by atoms with van der Waals surface area (Å²) in [5.41, 5.74) is 3.34. The number of fused-ring (bicyclic) bond motifs is 1. The van der Waals surface area contributed by atoms with Crippen molar-refractivity contribution in [3.8, 4) is 0 Å². The van der Waals surface area contributed by atoms with Crippen molar-refractivity contribution < 1.29 is 14.1 Å². The summed E-state index contributed by atoms with van der Waals surface area (Å²) in [4.78, 5) is 37.8. The molecule has 2 aromatic heterocycles. The van der Waals surface area contributed by atoms with Crippen LogP contribution in [0.15, 0.2) is 10.7 Å². The standard InChI is InChI=1S/C21H27N5O3/c1-4-16-19(18(5-2)29-24-16)21(28)26-9-7-17-15(12-26)10-22-20(23-17)14-6-8-25(11-14)13(3)27/h10,14H,4-9,11-12H2,1-3H3. The van der Waals surface area contributed by atoms with E-state index < -0.39 is 0 Å². The lowest BCUT2D eigenvalue weighted by atomic mass is 10.0. The molecule has 0 aromatic carbocycles. The summed E-state index contributed by atoms with van der Waals surface area (Å²) >= 11 is 0. The fourth-order valence-electron chi connectivity index (χ4n) is 4.20. The van der Waals surface area contributed by atoms with Crippen molar-refractivity contribution >= 4 is 11.8 Å². The number of carbonyl (C=O) groups excluding carboxylic acids is 2. The van der Waals surface area contributed by atoms with Crippen molar-refractivity contribution in [3.05, 3.63) is 40.3 Å². The van der Waals surface area contributed by atoms with E-state index in [1.165, 1.54) is 0 Å². The summed E-state index contributed by atoms with van der Waals surface area (Å²) < 4.78 is 5.37. The average Bonchev–Trinajstić information content (AvgIpc) is 3.39. The van der Waals surface area contributed by atoms with Crippen LogP contribution in [0.5, 0.6) is 0 Å². The van der Waals surface area contributed by atoms with E-state index in [0.29, 0.717) is 50.2 Å². The lowest BCUT2D eigenvalue weighted by molar-refractivity contribution is -0.127. The molecule has 2 amide bonds. The van der Waals surface area contributed by atoms with Gasteiger partial charge in [-0.1, -0.05) is 19.0 Å². The average molecular weight is 397 g/mol. The van der Waals surface area contributed by atoms with Gasteiger partial charge in [-0.3, -0.25) is 9.59 Å². The fraction of sp³-hybridized carbons (Fsp3) is 0.571. The van der Waals surface area contributed by atoms with Crippen molar-refractivity contribution in [2.75, 3.05) is 19.6 Å². The molecule has 1 saturated heterocycles. The molecule has 1 atom stereocenters. The summed E-state index contributed by atoms with van der Waals surface area (Å²) in [5.74, 6) is 1.74. The van der Waals surface area contributed by atoms with Crippen LogP contribution in [0.25, 0.3) is 0 Å². The molecular weight excluding hydrogens is 370 g/mol. The Morgan fingerprint density at radius 3 is 2.72 bits per heavy atom. The number of rotatable bonds is 4. The van der Waals surface area contributed by atoms with Crippen LogP contribution in [-0.4, -0.2) is 56.4 Å². The monoisotopic (exact) mass is 397 g/mol. The minimum absolute atomic E-state index is 0.0254. The molecule has 2 aliphatic heterocycles. The fourth-order valence-corrected chi connectivity index (χ4v) is 4.20. The van der Waals surface area contributed by atoms with E-state index in [2.05, 4.69) is 10.1 Å². The zero-order valence-corrected chi connectivity index (χ0v) is 17.3. The summed E-state index contributed by atoms with van der Waals surface area (Å²) in [6.07, 6.45) is 4.76. The molecule has 0 saturated carbocycles. The van der Waals surface area contributed by atoms with Crippen molar-refractivity contribution in [3.63, 3.8) is 0 Å². The summed E-state index contributed by atoms with van der Waals surface area (Å²) in [6.45, 7) is 8.11. The maximum atomic E-state index is 13.2. The summed E-state index contributed by atoms with van der Waals surface area (Å²) in [5, 5.41) is 4.06. The van der Waals surface area contributed by atoms with Gasteiger partial charge in [0, 0.05) is 63.6 Å². The Morgan fingerprint density at radius 2 is 2.03 bits per heavy atom. The second kappa shape index (κ2) is 7.93. The predicted molar refractivity (Wildman–Crippen MR) is 105 cm³/mol. The highest BCUT2D eigenvalue weighted by Crippen LogP contribution is 2.27. The Kier molecular flexibility index (Phi) is 5.34. The van der Waals surface area contributed by atoms with Gasteiger partial charge in [-0.05, 0) is 12.8 Å². The largest absolute Gasteiger partial charge is 0.360 e. The van der Waals surface area contributed by atoms with Crippen LogP contribution >= 0.6 is 0 Å². The van der Waals surface area contributed by atoms with Crippen LogP contribution < -0.4 is 0 Å². The molecule has 4 rings (SSSR count). The van der Waals surface area contributed by atoms with Gasteiger partial charge in [-0.15, -0.1) is 0 Å². The number of amides is 2. The van der Waals surface area contributed by atoms with E-state index in [9.17, 15) is 9.59 Å². The van der Waals surface area contributed by atoms with Gasteiger partial charge in [0.25, 0.3) is 5.91 Å². The third-order valence-corrected chi connectivity index (χ3v) is 5.94. The van der Waals surface area contributed by atoms with E-state index in [1.807, 2.05) is 29.8 Å². The molecule has 8 nitrogen and oxygen atoms in total. The first-order chi connectivity index (χ1) is 14.0. The molecule has 4 heterocycles. The van der Waals surface area contributed by atoms with Crippen LogP contribution in [0.1, 0.15) is 72.0 Å². The SMILES string of the molecule is CCc1noc(CC)c1C(=O)N1CCc2nc(C3CCN(C(C)=O)C3)ncc2C1. The Morgan fingerprint density at radius 1 is 1.21 bits per heavy atom. The van der Waals surface area contributed by atoms with Gasteiger partial charge < -0.3 is 14.3 Å². The Labute approximate surface area is 170 Å². The molecule has 154 valence electrons. The molecule has 2 aromatic rings. The van der Waals surface area contributed by atoms with Gasteiger partial charge in [0.2, 0.25) is 5.91 Å². The normalized spacial score (nSPS) is 18.8. The number of likely N-dealkylation sites (tertiary alicyclic amines) is 1. The number of hydrogen-bond acceptors (Lipinski definition) is 6. The van der Waals surface area contributed by atoms with Crippen molar-refractivity contribution in [1.82, 2.24) is 24.9 Å². The maximum Gasteiger partial charge on any atom is 0.259 e. The summed E-state index contributed by atoms with van der Waals surface area (Å²) in [7, 11) is 0. The van der Waals surface area contributed by atoms with Crippen LogP contribution in [-0.2, 0) is 30.6 Å². The highest BCUT2D eigenvalue weighted by Gasteiger charge is 2.31. The molecule has 1 fully saturated rings. The van der Waals surface area contributed by atoms with Gasteiger partial charge in [-0.2, -0.15) is 0 Å². The molecule has 2 aliphatic rings. The molecule has 8 heteroatoms. The van der Waals surface area contributed by atoms with Crippen molar-refractivity contribution in [2.24, 2.45) is 0 Å². The summed E-state index contributed by atoms with van der Waals surface area (Å²) in [6, 6.07) is 0. The zero-order valence-electron chi connectivity index (χ0n) is 17.3. The Hall–Kier alpha value is -2.77. The minimum Gasteiger partial charge on any atom is -0.360 e. The van der Waals surface area contributed by atoms with Crippen LogP contribution in [0.2, 0.25) is 0 Å². The molecule has 0 N–H and O–H groups in total. The first-order valence-corrected chi connectivity index (χ1v) is 10.4. The maximum absolute atomic E-state index is 13.2. The van der Waals surface area contributed by atoms with Gasteiger partial charge in [0.05, 0.1) is 11.4 Å². The second-order valence-corrected chi connectivity index (χ2v) is 7.76. The van der Waals surface area contributed by atoms with E-state index in [-0.39, 0.29) is 17.7 Å². The topological polar surface area (TPSA) is 92.4 Å². The highest BCUT2D eigenvalue weighted by molar-refractivity contribution is 5.96. The van der Waals surface area contributed by atoms with Crippen molar-refractivity contribution in [2.45, 2.75) is 58.9 Å². The number of carbonyl (C=O) groups is 2. The smallest absolute Gasteiger partial charge is 0.259 e.